The molecule has 3 nitrogen and oxygen atoms in total. The van der Waals surface area contributed by atoms with E-state index in [1.165, 1.54) is 18.2 Å². The number of ketones is 1. The van der Waals surface area contributed by atoms with Crippen molar-refractivity contribution in [1.82, 2.24) is 4.90 Å². The number of benzene rings is 1. The van der Waals surface area contributed by atoms with E-state index in [0.29, 0.717) is 17.6 Å². The van der Waals surface area contributed by atoms with Gasteiger partial charge in [-0.25, -0.2) is 4.39 Å². The van der Waals surface area contributed by atoms with E-state index < -0.39 is 5.82 Å². The highest BCUT2D eigenvalue weighted by molar-refractivity contribution is 5.98. The third kappa shape index (κ3) is 2.12. The van der Waals surface area contributed by atoms with Gasteiger partial charge in [-0.2, -0.15) is 5.26 Å². The van der Waals surface area contributed by atoms with Crippen LogP contribution in [0.4, 0.5) is 4.39 Å². The molecule has 4 heteroatoms. The topological polar surface area (TPSA) is 44.1 Å². The Morgan fingerprint density at radius 3 is 2.60 bits per heavy atom. The Bertz CT molecular complexity index is 579. The molecular weight excluding hydrogens is 255 g/mol. The lowest BCUT2D eigenvalue weighted by Crippen LogP contribution is -2.42. The number of hydrogen-bond donors (Lipinski definition) is 0. The molecule has 0 aliphatic carbocycles. The molecule has 0 radical (unpaired) electrons. The second kappa shape index (κ2) is 4.99. The number of fused-ring (bicyclic) bond motifs is 2. The largest absolute Gasteiger partial charge is 0.300 e. The minimum atomic E-state index is -0.563. The minimum absolute atomic E-state index is 0.0145. The van der Waals surface area contributed by atoms with Crippen molar-refractivity contribution in [2.24, 2.45) is 5.92 Å². The molecule has 3 rings (SSSR count). The molecule has 2 aliphatic heterocycles. The maximum absolute atomic E-state index is 13.3. The van der Waals surface area contributed by atoms with Gasteiger partial charge in [0, 0.05) is 23.6 Å². The SMILES string of the molecule is CN1C2CCC1CC(C(=O)c1ccc(F)c(C#N)c1)C2. The molecule has 0 saturated carbocycles. The van der Waals surface area contributed by atoms with Gasteiger partial charge in [-0.1, -0.05) is 0 Å². The second-order valence-electron chi connectivity index (χ2n) is 5.89. The van der Waals surface area contributed by atoms with Crippen molar-refractivity contribution in [2.75, 3.05) is 7.05 Å². The standard InChI is InChI=1S/C16H17FN2O/c1-19-13-3-4-14(19)8-11(7-13)16(20)10-2-5-15(17)12(6-10)9-18/h2,5-6,11,13-14H,3-4,7-8H2,1H3. The van der Waals surface area contributed by atoms with Crippen LogP contribution in [0.2, 0.25) is 0 Å². The summed E-state index contributed by atoms with van der Waals surface area (Å²) >= 11 is 0. The van der Waals surface area contributed by atoms with Gasteiger partial charge in [-0.15, -0.1) is 0 Å². The molecule has 0 spiro atoms. The van der Waals surface area contributed by atoms with Crippen molar-refractivity contribution in [1.29, 1.82) is 5.26 Å². The summed E-state index contributed by atoms with van der Waals surface area (Å²) < 4.78 is 13.3. The van der Waals surface area contributed by atoms with Crippen LogP contribution in [-0.2, 0) is 0 Å². The van der Waals surface area contributed by atoms with Crippen molar-refractivity contribution >= 4 is 5.78 Å². The monoisotopic (exact) mass is 272 g/mol. The van der Waals surface area contributed by atoms with Gasteiger partial charge in [-0.3, -0.25) is 4.79 Å². The Kier molecular flexibility index (Phi) is 3.31. The molecule has 2 unspecified atom stereocenters. The fraction of sp³-hybridized carbons (Fsp3) is 0.500. The molecule has 2 atom stereocenters. The average molecular weight is 272 g/mol. The number of nitrogens with zero attached hydrogens (tertiary/aromatic N) is 2. The van der Waals surface area contributed by atoms with Crippen LogP contribution in [0.1, 0.15) is 41.6 Å². The van der Waals surface area contributed by atoms with E-state index in [4.69, 9.17) is 5.26 Å². The molecule has 2 bridgehead atoms. The van der Waals surface area contributed by atoms with Gasteiger partial charge < -0.3 is 4.90 Å². The Morgan fingerprint density at radius 2 is 2.00 bits per heavy atom. The van der Waals surface area contributed by atoms with Crippen molar-refractivity contribution < 1.29 is 9.18 Å². The summed E-state index contributed by atoms with van der Waals surface area (Å²) in [5.74, 6) is -0.486. The van der Waals surface area contributed by atoms with Crippen LogP contribution in [0, 0.1) is 23.1 Å². The molecule has 1 aromatic rings. The first-order valence-corrected chi connectivity index (χ1v) is 7.06. The minimum Gasteiger partial charge on any atom is -0.300 e. The number of nitriles is 1. The molecule has 2 heterocycles. The van der Waals surface area contributed by atoms with Crippen LogP contribution >= 0.6 is 0 Å². The number of piperidine rings is 1. The number of carbonyl (C=O) groups is 1. The van der Waals surface area contributed by atoms with Crippen LogP contribution in [0.5, 0.6) is 0 Å². The number of carbonyl (C=O) groups excluding carboxylic acids is 1. The third-order valence-corrected chi connectivity index (χ3v) is 4.84. The van der Waals surface area contributed by atoms with Crippen molar-refractivity contribution in [3.63, 3.8) is 0 Å². The second-order valence-corrected chi connectivity index (χ2v) is 5.89. The summed E-state index contributed by atoms with van der Waals surface area (Å²) in [5, 5.41) is 8.86. The van der Waals surface area contributed by atoms with E-state index >= 15 is 0 Å². The van der Waals surface area contributed by atoms with Gasteiger partial charge in [0.2, 0.25) is 0 Å². The molecule has 104 valence electrons. The van der Waals surface area contributed by atoms with Crippen molar-refractivity contribution in [3.8, 4) is 6.07 Å². The fourth-order valence-electron chi connectivity index (χ4n) is 3.63. The zero-order valence-corrected chi connectivity index (χ0v) is 11.5. The Morgan fingerprint density at radius 1 is 1.35 bits per heavy atom. The van der Waals surface area contributed by atoms with Gasteiger partial charge in [-0.05, 0) is 50.9 Å². The predicted octanol–water partition coefficient (Wildman–Crippen LogP) is 2.75. The Labute approximate surface area is 118 Å². The molecule has 0 N–H and O–H groups in total. The smallest absolute Gasteiger partial charge is 0.166 e. The van der Waals surface area contributed by atoms with Crippen LogP contribution in [0.15, 0.2) is 18.2 Å². The lowest BCUT2D eigenvalue weighted by Gasteiger charge is -2.35. The summed E-state index contributed by atoms with van der Waals surface area (Å²) in [6, 6.07) is 6.90. The summed E-state index contributed by atoms with van der Waals surface area (Å²) in [4.78, 5) is 14.9. The van der Waals surface area contributed by atoms with Crippen molar-refractivity contribution in [3.05, 3.63) is 35.1 Å². The maximum Gasteiger partial charge on any atom is 0.166 e. The summed E-state index contributed by atoms with van der Waals surface area (Å²) in [6.07, 6.45) is 4.09. The first-order chi connectivity index (χ1) is 9.60. The summed E-state index contributed by atoms with van der Waals surface area (Å²) in [5.41, 5.74) is 0.420. The van der Waals surface area contributed by atoms with Crippen LogP contribution in [0.3, 0.4) is 0 Å². The van der Waals surface area contributed by atoms with E-state index in [1.807, 2.05) is 0 Å². The first kappa shape index (κ1) is 13.3. The van der Waals surface area contributed by atoms with E-state index in [9.17, 15) is 9.18 Å². The molecule has 2 aliphatic rings. The molecule has 20 heavy (non-hydrogen) atoms. The van der Waals surface area contributed by atoms with Gasteiger partial charge in [0.15, 0.2) is 5.78 Å². The maximum atomic E-state index is 13.3. The number of rotatable bonds is 2. The number of Topliss-reactive ketones (excluding diaryl/α,β-unsaturated/α-hetero) is 1. The highest BCUT2D eigenvalue weighted by atomic mass is 19.1. The lowest BCUT2D eigenvalue weighted by atomic mass is 9.85. The van der Waals surface area contributed by atoms with Gasteiger partial charge in [0.25, 0.3) is 0 Å². The zero-order chi connectivity index (χ0) is 14.3. The van der Waals surface area contributed by atoms with Crippen LogP contribution in [0.25, 0.3) is 0 Å². The van der Waals surface area contributed by atoms with E-state index in [-0.39, 0.29) is 17.3 Å². The molecule has 0 amide bonds. The molecule has 2 saturated heterocycles. The molecule has 2 fully saturated rings. The quantitative estimate of drug-likeness (QED) is 0.778. The Hall–Kier alpha value is -1.73. The zero-order valence-electron chi connectivity index (χ0n) is 11.5. The lowest BCUT2D eigenvalue weighted by molar-refractivity contribution is 0.0767. The van der Waals surface area contributed by atoms with Crippen LogP contribution < -0.4 is 0 Å². The summed E-state index contributed by atoms with van der Waals surface area (Å²) in [7, 11) is 2.13. The van der Waals surface area contributed by atoms with Crippen molar-refractivity contribution in [2.45, 2.75) is 37.8 Å². The normalized spacial score (nSPS) is 29.1. The fourth-order valence-corrected chi connectivity index (χ4v) is 3.63. The highest BCUT2D eigenvalue weighted by Crippen LogP contribution is 2.38. The molecule has 0 aromatic heterocycles. The van der Waals surface area contributed by atoms with E-state index in [1.54, 1.807) is 6.07 Å². The molecular formula is C16H17FN2O. The molecule has 1 aromatic carbocycles. The Balaban J connectivity index is 1.82. The predicted molar refractivity (Wildman–Crippen MR) is 72.7 cm³/mol. The van der Waals surface area contributed by atoms with Gasteiger partial charge in [0.05, 0.1) is 5.56 Å². The van der Waals surface area contributed by atoms with Gasteiger partial charge >= 0.3 is 0 Å². The van der Waals surface area contributed by atoms with Gasteiger partial charge in [0.1, 0.15) is 11.9 Å². The number of hydrogen-bond acceptors (Lipinski definition) is 3. The van der Waals surface area contributed by atoms with E-state index in [0.717, 1.165) is 25.7 Å². The number of halogens is 1. The summed E-state index contributed by atoms with van der Waals surface area (Å²) in [6.45, 7) is 0. The first-order valence-electron chi connectivity index (χ1n) is 7.06. The van der Waals surface area contributed by atoms with E-state index in [2.05, 4.69) is 11.9 Å². The highest BCUT2D eigenvalue weighted by Gasteiger charge is 2.40. The third-order valence-electron chi connectivity index (χ3n) is 4.84. The van der Waals surface area contributed by atoms with Crippen LogP contribution in [-0.4, -0.2) is 29.8 Å². The average Bonchev–Trinajstić information content (AvgIpc) is 2.68.